The molecule has 0 bridgehead atoms. The molecule has 1 aliphatic rings. The van der Waals surface area contributed by atoms with E-state index in [1.54, 1.807) is 0 Å². The molecule has 1 N–H and O–H groups in total. The lowest BCUT2D eigenvalue weighted by molar-refractivity contribution is 0.370. The molecule has 0 atom stereocenters. The third-order valence-corrected chi connectivity index (χ3v) is 1.17. The Morgan fingerprint density at radius 1 is 1.44 bits per heavy atom. The van der Waals surface area contributed by atoms with Crippen molar-refractivity contribution in [1.29, 1.82) is 0 Å². The first-order chi connectivity index (χ1) is 3.79. The van der Waals surface area contributed by atoms with E-state index in [1.807, 2.05) is 0 Å². The quantitative estimate of drug-likeness (QED) is 0.604. The molecule has 1 fully saturated rings. The van der Waals surface area contributed by atoms with Crippen LogP contribution >= 0.6 is 12.4 Å². The van der Waals surface area contributed by atoms with Crippen LogP contribution in [0.3, 0.4) is 0 Å². The van der Waals surface area contributed by atoms with E-state index < -0.39 is 6.08 Å². The molecule has 54 valence electrons. The minimum Gasteiger partial charge on any atom is -0.315 e. The van der Waals surface area contributed by atoms with Crippen LogP contribution in [0.4, 0.5) is 8.78 Å². The summed E-state index contributed by atoms with van der Waals surface area (Å²) in [4.78, 5) is 0. The van der Waals surface area contributed by atoms with E-state index in [9.17, 15) is 8.78 Å². The average molecular weight is 156 g/mol. The number of hydrogen-bond donors (Lipinski definition) is 1. The van der Waals surface area contributed by atoms with E-state index in [4.69, 9.17) is 0 Å². The zero-order valence-corrected chi connectivity index (χ0v) is 5.55. The van der Waals surface area contributed by atoms with Gasteiger partial charge in [0.05, 0.1) is 0 Å². The van der Waals surface area contributed by atoms with Gasteiger partial charge in [-0.25, -0.2) is 0 Å². The molecule has 1 rings (SSSR count). The van der Waals surface area contributed by atoms with E-state index in [1.165, 1.54) is 0 Å². The SMILES string of the molecule is Cl.FC(F)=CC1CNC1. The molecular weight excluding hydrogens is 148 g/mol. The molecule has 0 spiro atoms. The zero-order valence-electron chi connectivity index (χ0n) is 4.73. The second-order valence-electron chi connectivity index (χ2n) is 1.87. The number of halogens is 3. The van der Waals surface area contributed by atoms with Crippen molar-refractivity contribution in [3.63, 3.8) is 0 Å². The van der Waals surface area contributed by atoms with Crippen molar-refractivity contribution < 1.29 is 8.78 Å². The average Bonchev–Trinajstić information content (AvgIpc) is 1.55. The molecule has 1 heterocycles. The molecule has 0 aromatic heterocycles. The minimum absolute atomic E-state index is 0. The number of nitrogens with one attached hydrogen (secondary N) is 1. The summed E-state index contributed by atoms with van der Waals surface area (Å²) in [5, 5.41) is 2.89. The molecule has 0 unspecified atom stereocenters. The van der Waals surface area contributed by atoms with Crippen LogP contribution in [0.15, 0.2) is 12.2 Å². The molecular formula is C5H8ClF2N. The van der Waals surface area contributed by atoms with Gasteiger partial charge in [0.15, 0.2) is 0 Å². The van der Waals surface area contributed by atoms with Crippen molar-refractivity contribution in [3.8, 4) is 0 Å². The predicted octanol–water partition coefficient (Wildman–Crippen LogP) is 1.41. The highest BCUT2D eigenvalue weighted by molar-refractivity contribution is 5.85. The van der Waals surface area contributed by atoms with Crippen LogP contribution in [0.5, 0.6) is 0 Å². The highest BCUT2D eigenvalue weighted by Crippen LogP contribution is 2.09. The monoisotopic (exact) mass is 155 g/mol. The van der Waals surface area contributed by atoms with Crippen LogP contribution in [0.2, 0.25) is 0 Å². The van der Waals surface area contributed by atoms with Crippen molar-refractivity contribution in [2.24, 2.45) is 5.92 Å². The summed E-state index contributed by atoms with van der Waals surface area (Å²) in [6.45, 7) is 1.41. The predicted molar refractivity (Wildman–Crippen MR) is 33.9 cm³/mol. The molecule has 1 aliphatic heterocycles. The molecule has 0 amide bonds. The van der Waals surface area contributed by atoms with Gasteiger partial charge in [-0.3, -0.25) is 0 Å². The second kappa shape index (κ2) is 3.80. The van der Waals surface area contributed by atoms with Crippen LogP contribution in [0.1, 0.15) is 0 Å². The zero-order chi connectivity index (χ0) is 5.98. The van der Waals surface area contributed by atoms with Crippen molar-refractivity contribution in [1.82, 2.24) is 5.32 Å². The summed E-state index contributed by atoms with van der Waals surface area (Å²) in [5.74, 6) is 0.0833. The van der Waals surface area contributed by atoms with Crippen molar-refractivity contribution in [3.05, 3.63) is 12.2 Å². The molecule has 0 radical (unpaired) electrons. The van der Waals surface area contributed by atoms with E-state index in [2.05, 4.69) is 5.32 Å². The lowest BCUT2D eigenvalue weighted by atomic mass is 10.0. The fourth-order valence-electron chi connectivity index (χ4n) is 0.607. The topological polar surface area (TPSA) is 12.0 Å². The fourth-order valence-corrected chi connectivity index (χ4v) is 0.607. The summed E-state index contributed by atoms with van der Waals surface area (Å²) in [6.07, 6.45) is -0.562. The Balaban J connectivity index is 0.000000640. The van der Waals surface area contributed by atoms with Gasteiger partial charge in [-0.15, -0.1) is 12.4 Å². The Morgan fingerprint density at radius 2 is 2.00 bits per heavy atom. The normalized spacial score (nSPS) is 17.6. The van der Waals surface area contributed by atoms with Crippen molar-refractivity contribution >= 4 is 12.4 Å². The van der Waals surface area contributed by atoms with Crippen LogP contribution in [0.25, 0.3) is 0 Å². The fraction of sp³-hybridized carbons (Fsp3) is 0.600. The second-order valence-corrected chi connectivity index (χ2v) is 1.87. The first-order valence-electron chi connectivity index (χ1n) is 2.52. The molecule has 1 saturated heterocycles. The maximum absolute atomic E-state index is 11.3. The van der Waals surface area contributed by atoms with Crippen LogP contribution in [-0.2, 0) is 0 Å². The summed E-state index contributed by atoms with van der Waals surface area (Å²) in [5.41, 5.74) is 0. The van der Waals surface area contributed by atoms with Crippen molar-refractivity contribution in [2.75, 3.05) is 13.1 Å². The largest absolute Gasteiger partial charge is 0.315 e. The lowest BCUT2D eigenvalue weighted by Gasteiger charge is -2.22. The molecule has 9 heavy (non-hydrogen) atoms. The highest BCUT2D eigenvalue weighted by Gasteiger charge is 2.14. The Bertz CT molecular complexity index is 108. The smallest absolute Gasteiger partial charge is 0.266 e. The molecule has 0 aromatic carbocycles. The lowest BCUT2D eigenvalue weighted by Crippen LogP contribution is -2.40. The Morgan fingerprint density at radius 3 is 2.11 bits per heavy atom. The standard InChI is InChI=1S/C5H7F2N.ClH/c6-5(7)1-4-2-8-3-4;/h1,4,8H,2-3H2;1H. The molecule has 1 nitrogen and oxygen atoms in total. The van der Waals surface area contributed by atoms with Gasteiger partial charge in [0.25, 0.3) is 6.08 Å². The third-order valence-electron chi connectivity index (χ3n) is 1.17. The summed E-state index contributed by atoms with van der Waals surface area (Å²) < 4.78 is 22.7. The molecule has 4 heteroatoms. The van der Waals surface area contributed by atoms with Gasteiger partial charge in [0.1, 0.15) is 0 Å². The van der Waals surface area contributed by atoms with Crippen molar-refractivity contribution in [2.45, 2.75) is 0 Å². The van der Waals surface area contributed by atoms with Gasteiger partial charge in [-0.2, -0.15) is 8.78 Å². The number of rotatable bonds is 1. The van der Waals surface area contributed by atoms with Gasteiger partial charge in [-0.05, 0) is 6.08 Å². The van der Waals surface area contributed by atoms with Gasteiger partial charge in [0, 0.05) is 19.0 Å². The van der Waals surface area contributed by atoms with Gasteiger partial charge in [-0.1, -0.05) is 0 Å². The Hall–Kier alpha value is -0.150. The number of hydrogen-bond acceptors (Lipinski definition) is 1. The van der Waals surface area contributed by atoms with E-state index in [0.717, 1.165) is 6.08 Å². The highest BCUT2D eigenvalue weighted by atomic mass is 35.5. The summed E-state index contributed by atoms with van der Waals surface area (Å²) in [6, 6.07) is 0. The van der Waals surface area contributed by atoms with Gasteiger partial charge < -0.3 is 5.32 Å². The maximum atomic E-state index is 11.3. The van der Waals surface area contributed by atoms with E-state index >= 15 is 0 Å². The molecule has 0 aromatic rings. The van der Waals surface area contributed by atoms with Crippen LogP contribution in [-0.4, -0.2) is 13.1 Å². The summed E-state index contributed by atoms with van der Waals surface area (Å²) >= 11 is 0. The minimum atomic E-state index is -1.56. The Kier molecular flexibility index (Phi) is 3.73. The van der Waals surface area contributed by atoms with E-state index in [0.29, 0.717) is 13.1 Å². The summed E-state index contributed by atoms with van der Waals surface area (Å²) in [7, 11) is 0. The molecule has 0 saturated carbocycles. The maximum Gasteiger partial charge on any atom is 0.266 e. The third kappa shape index (κ3) is 2.77. The van der Waals surface area contributed by atoms with Gasteiger partial charge >= 0.3 is 0 Å². The Labute approximate surface area is 58.5 Å². The van der Waals surface area contributed by atoms with Gasteiger partial charge in [0.2, 0.25) is 0 Å². The van der Waals surface area contributed by atoms with E-state index in [-0.39, 0.29) is 18.3 Å². The van der Waals surface area contributed by atoms with Crippen LogP contribution < -0.4 is 5.32 Å². The van der Waals surface area contributed by atoms with Crippen LogP contribution in [0, 0.1) is 5.92 Å². The first kappa shape index (κ1) is 8.85. The molecule has 0 aliphatic carbocycles. The first-order valence-corrected chi connectivity index (χ1v) is 2.52.